The van der Waals surface area contributed by atoms with E-state index in [1.54, 1.807) is 0 Å². The highest BCUT2D eigenvalue weighted by Crippen LogP contribution is 2.11. The van der Waals surface area contributed by atoms with Crippen molar-refractivity contribution < 1.29 is 0 Å². The van der Waals surface area contributed by atoms with Gasteiger partial charge in [0.25, 0.3) is 0 Å². The van der Waals surface area contributed by atoms with Crippen molar-refractivity contribution in [2.45, 2.75) is 52.5 Å². The number of hydrogen-bond acceptors (Lipinski definition) is 2. The van der Waals surface area contributed by atoms with Gasteiger partial charge in [0, 0.05) is 29.9 Å². The first-order valence-corrected chi connectivity index (χ1v) is 6.09. The fourth-order valence-electron chi connectivity index (χ4n) is 1.52. The van der Waals surface area contributed by atoms with Gasteiger partial charge < -0.3 is 5.32 Å². The number of nitrogens with zero attached hydrogens (tertiary/aromatic N) is 1. The lowest BCUT2D eigenvalue weighted by atomic mass is 10.1. The monoisotopic (exact) mass is 220 g/mol. The first kappa shape index (κ1) is 13.2. The van der Waals surface area contributed by atoms with Crippen molar-refractivity contribution in [3.05, 3.63) is 29.6 Å². The Balaban J connectivity index is 2.51. The van der Waals surface area contributed by atoms with Gasteiger partial charge in [-0.15, -0.1) is 0 Å². The maximum absolute atomic E-state index is 4.65. The zero-order chi connectivity index (χ0) is 12.2. The van der Waals surface area contributed by atoms with Crippen molar-refractivity contribution in [3.8, 4) is 0 Å². The molecule has 0 aliphatic rings. The zero-order valence-corrected chi connectivity index (χ0v) is 11.2. The summed E-state index contributed by atoms with van der Waals surface area (Å²) in [6.45, 7) is 11.9. The van der Waals surface area contributed by atoms with E-state index in [-0.39, 0.29) is 5.54 Å². The van der Waals surface area contributed by atoms with Gasteiger partial charge in [-0.1, -0.05) is 19.9 Å². The van der Waals surface area contributed by atoms with E-state index < -0.39 is 0 Å². The molecule has 1 aromatic heterocycles. The molecule has 2 nitrogen and oxygen atoms in total. The smallest absolute Gasteiger partial charge is 0.0432 e. The average Bonchev–Trinajstić information content (AvgIpc) is 2.16. The van der Waals surface area contributed by atoms with Crippen LogP contribution in [0.1, 0.15) is 51.9 Å². The molecule has 0 unspecified atom stereocenters. The molecule has 1 N–H and O–H groups in total. The minimum atomic E-state index is 0.190. The van der Waals surface area contributed by atoms with E-state index in [1.807, 2.05) is 0 Å². The fourth-order valence-corrected chi connectivity index (χ4v) is 1.52. The second-order valence-corrected chi connectivity index (χ2v) is 5.64. The molecule has 0 bridgehead atoms. The molecule has 0 atom stereocenters. The van der Waals surface area contributed by atoms with E-state index in [0.29, 0.717) is 5.92 Å². The first-order valence-electron chi connectivity index (χ1n) is 6.09. The molecule has 16 heavy (non-hydrogen) atoms. The zero-order valence-electron chi connectivity index (χ0n) is 11.2. The summed E-state index contributed by atoms with van der Waals surface area (Å²) in [5, 5.41) is 3.48. The van der Waals surface area contributed by atoms with Crippen molar-refractivity contribution in [1.29, 1.82) is 0 Å². The molecule has 1 rings (SSSR count). The van der Waals surface area contributed by atoms with E-state index in [2.05, 4.69) is 63.1 Å². The number of pyridine rings is 1. The summed E-state index contributed by atoms with van der Waals surface area (Å²) in [5.74, 6) is 0.510. The van der Waals surface area contributed by atoms with Crippen LogP contribution in [0.25, 0.3) is 0 Å². The van der Waals surface area contributed by atoms with Crippen LogP contribution in [0.2, 0.25) is 0 Å². The van der Waals surface area contributed by atoms with E-state index in [0.717, 1.165) is 13.0 Å². The van der Waals surface area contributed by atoms with Gasteiger partial charge >= 0.3 is 0 Å². The Morgan fingerprint density at radius 2 is 1.94 bits per heavy atom. The maximum Gasteiger partial charge on any atom is 0.0432 e. The highest BCUT2D eigenvalue weighted by atomic mass is 14.9. The maximum atomic E-state index is 4.65. The van der Waals surface area contributed by atoms with Crippen LogP contribution in [0.4, 0.5) is 0 Å². The molecule has 0 spiro atoms. The Bertz CT molecular complexity index is 324. The Kier molecular flexibility index (Phi) is 4.48. The van der Waals surface area contributed by atoms with Crippen LogP contribution in [0, 0.1) is 0 Å². The molecule has 90 valence electrons. The van der Waals surface area contributed by atoms with Crippen LogP contribution in [0.3, 0.4) is 0 Å². The van der Waals surface area contributed by atoms with Gasteiger partial charge in [-0.2, -0.15) is 0 Å². The summed E-state index contributed by atoms with van der Waals surface area (Å²) in [5.41, 5.74) is 2.56. The van der Waals surface area contributed by atoms with Crippen LogP contribution >= 0.6 is 0 Å². The molecule has 0 saturated heterocycles. The lowest BCUT2D eigenvalue weighted by Crippen LogP contribution is -2.37. The van der Waals surface area contributed by atoms with Gasteiger partial charge in [0.2, 0.25) is 0 Å². The summed E-state index contributed by atoms with van der Waals surface area (Å²) < 4.78 is 0. The SMILES string of the molecule is CC(C)c1cccc(CCNC(C)(C)C)n1. The third-order valence-corrected chi connectivity index (χ3v) is 2.46. The molecule has 0 aliphatic carbocycles. The number of aromatic nitrogens is 1. The van der Waals surface area contributed by atoms with Gasteiger partial charge in [-0.05, 0) is 38.8 Å². The molecule has 1 aromatic rings. The highest BCUT2D eigenvalue weighted by Gasteiger charge is 2.08. The van der Waals surface area contributed by atoms with Crippen LogP contribution < -0.4 is 5.32 Å². The van der Waals surface area contributed by atoms with Crippen LogP contribution in [0.5, 0.6) is 0 Å². The minimum Gasteiger partial charge on any atom is -0.312 e. The summed E-state index contributed by atoms with van der Waals surface area (Å²) in [7, 11) is 0. The predicted octanol–water partition coefficient (Wildman–Crippen LogP) is 3.14. The van der Waals surface area contributed by atoms with Crippen molar-refractivity contribution in [2.75, 3.05) is 6.54 Å². The Morgan fingerprint density at radius 3 is 2.50 bits per heavy atom. The standard InChI is InChI=1S/C14H24N2/c1-11(2)13-8-6-7-12(16-13)9-10-15-14(3,4)5/h6-8,11,15H,9-10H2,1-5H3. The lowest BCUT2D eigenvalue weighted by Gasteiger charge is -2.20. The predicted molar refractivity (Wildman–Crippen MR) is 69.8 cm³/mol. The molecule has 1 heterocycles. The summed E-state index contributed by atoms with van der Waals surface area (Å²) in [6, 6.07) is 6.32. The van der Waals surface area contributed by atoms with Crippen molar-refractivity contribution in [1.82, 2.24) is 10.3 Å². The van der Waals surface area contributed by atoms with E-state index >= 15 is 0 Å². The molecular weight excluding hydrogens is 196 g/mol. The molecule has 0 fully saturated rings. The molecule has 0 radical (unpaired) electrons. The Morgan fingerprint density at radius 1 is 1.25 bits per heavy atom. The van der Waals surface area contributed by atoms with Gasteiger partial charge in [0.05, 0.1) is 0 Å². The van der Waals surface area contributed by atoms with E-state index in [1.165, 1.54) is 11.4 Å². The van der Waals surface area contributed by atoms with Gasteiger partial charge in [0.1, 0.15) is 0 Å². The van der Waals surface area contributed by atoms with Gasteiger partial charge in [-0.25, -0.2) is 0 Å². The van der Waals surface area contributed by atoms with Gasteiger partial charge in [0.15, 0.2) is 0 Å². The average molecular weight is 220 g/mol. The quantitative estimate of drug-likeness (QED) is 0.843. The Hall–Kier alpha value is -0.890. The summed E-state index contributed by atoms with van der Waals surface area (Å²) in [4.78, 5) is 4.65. The molecule has 0 aromatic carbocycles. The third-order valence-electron chi connectivity index (χ3n) is 2.46. The van der Waals surface area contributed by atoms with Gasteiger partial charge in [-0.3, -0.25) is 4.98 Å². The minimum absolute atomic E-state index is 0.190. The van der Waals surface area contributed by atoms with Crippen molar-refractivity contribution in [2.24, 2.45) is 0 Å². The molecular formula is C14H24N2. The number of rotatable bonds is 4. The fraction of sp³-hybridized carbons (Fsp3) is 0.643. The summed E-state index contributed by atoms with van der Waals surface area (Å²) >= 11 is 0. The number of hydrogen-bond donors (Lipinski definition) is 1. The third kappa shape index (κ3) is 4.75. The largest absolute Gasteiger partial charge is 0.312 e. The normalized spacial score (nSPS) is 12.1. The number of nitrogens with one attached hydrogen (secondary N) is 1. The van der Waals surface area contributed by atoms with E-state index in [9.17, 15) is 0 Å². The topological polar surface area (TPSA) is 24.9 Å². The Labute approximate surface area is 99.5 Å². The van der Waals surface area contributed by atoms with Crippen LogP contribution in [-0.2, 0) is 6.42 Å². The van der Waals surface area contributed by atoms with E-state index in [4.69, 9.17) is 0 Å². The molecule has 0 amide bonds. The molecule has 2 heteroatoms. The summed E-state index contributed by atoms with van der Waals surface area (Å²) in [6.07, 6.45) is 0.998. The molecule has 0 saturated carbocycles. The first-order chi connectivity index (χ1) is 7.38. The highest BCUT2D eigenvalue weighted by molar-refractivity contribution is 5.14. The van der Waals surface area contributed by atoms with Crippen molar-refractivity contribution >= 4 is 0 Å². The van der Waals surface area contributed by atoms with Crippen LogP contribution in [0.15, 0.2) is 18.2 Å². The van der Waals surface area contributed by atoms with Crippen molar-refractivity contribution in [3.63, 3.8) is 0 Å². The molecule has 0 aliphatic heterocycles. The van der Waals surface area contributed by atoms with Crippen LogP contribution in [-0.4, -0.2) is 17.1 Å². The second kappa shape index (κ2) is 5.44. The second-order valence-electron chi connectivity index (χ2n) is 5.64. The lowest BCUT2D eigenvalue weighted by molar-refractivity contribution is 0.428.